The first-order valence-electron chi connectivity index (χ1n) is 11.0. The zero-order valence-corrected chi connectivity index (χ0v) is 17.1. The highest BCUT2D eigenvalue weighted by atomic mass is 16.2. The molecule has 0 spiro atoms. The van der Waals surface area contributed by atoms with Crippen LogP contribution in [0.3, 0.4) is 0 Å². The van der Waals surface area contributed by atoms with Gasteiger partial charge in [-0.25, -0.2) is 9.67 Å². The summed E-state index contributed by atoms with van der Waals surface area (Å²) in [7, 11) is 0. The Morgan fingerprint density at radius 3 is 2.73 bits per heavy atom. The van der Waals surface area contributed by atoms with E-state index >= 15 is 0 Å². The second kappa shape index (κ2) is 8.05. The molecule has 156 valence electrons. The molecule has 0 bridgehead atoms. The molecule has 5 rings (SSSR count). The molecule has 1 saturated heterocycles. The lowest BCUT2D eigenvalue weighted by Crippen LogP contribution is -2.44. The van der Waals surface area contributed by atoms with Gasteiger partial charge in [-0.2, -0.15) is 5.10 Å². The van der Waals surface area contributed by atoms with Gasteiger partial charge in [-0.05, 0) is 36.8 Å². The van der Waals surface area contributed by atoms with Crippen molar-refractivity contribution in [3.05, 3.63) is 52.7 Å². The van der Waals surface area contributed by atoms with Gasteiger partial charge in [0, 0.05) is 25.9 Å². The van der Waals surface area contributed by atoms with Crippen LogP contribution >= 0.6 is 0 Å². The predicted molar refractivity (Wildman–Crippen MR) is 114 cm³/mol. The molecule has 7 nitrogen and oxygen atoms in total. The molecular weight excluding hydrogens is 378 g/mol. The Hall–Kier alpha value is -2.96. The Labute approximate surface area is 175 Å². The number of aromatic amines is 1. The van der Waals surface area contributed by atoms with Crippen LogP contribution in [-0.4, -0.2) is 43.6 Å². The van der Waals surface area contributed by atoms with Gasteiger partial charge in [-0.1, -0.05) is 37.5 Å². The lowest BCUT2D eigenvalue weighted by atomic mass is 9.75. The molecular formula is C23H27N5O2. The molecule has 1 aliphatic carbocycles. The first kappa shape index (κ1) is 19.0. The lowest BCUT2D eigenvalue weighted by Gasteiger charge is -2.41. The highest BCUT2D eigenvalue weighted by Crippen LogP contribution is 2.36. The van der Waals surface area contributed by atoms with E-state index in [2.05, 4.69) is 15.1 Å². The summed E-state index contributed by atoms with van der Waals surface area (Å²) in [4.78, 5) is 34.8. The summed E-state index contributed by atoms with van der Waals surface area (Å²) in [6, 6.07) is 9.62. The Bertz CT molecular complexity index is 1100. The van der Waals surface area contributed by atoms with Crippen LogP contribution in [0.25, 0.3) is 16.7 Å². The van der Waals surface area contributed by atoms with Crippen molar-refractivity contribution in [1.29, 1.82) is 0 Å². The number of likely N-dealkylation sites (tertiary alicyclic amines) is 1. The predicted octanol–water partition coefficient (Wildman–Crippen LogP) is 3.08. The van der Waals surface area contributed by atoms with E-state index in [1.165, 1.54) is 31.9 Å². The minimum absolute atomic E-state index is 0.165. The van der Waals surface area contributed by atoms with Crippen LogP contribution in [0.1, 0.15) is 44.3 Å². The van der Waals surface area contributed by atoms with Crippen molar-refractivity contribution in [2.45, 2.75) is 44.9 Å². The standard InChI is InChI=1S/C23H27N5O2/c29-21(27-13-12-16-6-4-5-7-17(16)15-27)11-10-20-25-22-19(23(30)26-20)14-24-28(22)18-8-2-1-3-9-18/h1-3,8-9,14,16-17H,4-7,10-13,15H2,(H,25,26,30)/t16-,17+/m1/s1. The van der Waals surface area contributed by atoms with Crippen molar-refractivity contribution in [3.8, 4) is 5.69 Å². The average molecular weight is 406 g/mol. The number of H-pyrrole nitrogens is 1. The maximum absolute atomic E-state index is 12.8. The second-order valence-corrected chi connectivity index (χ2v) is 8.57. The number of para-hydroxylation sites is 1. The highest BCUT2D eigenvalue weighted by Gasteiger charge is 2.32. The van der Waals surface area contributed by atoms with Crippen molar-refractivity contribution in [2.75, 3.05) is 13.1 Å². The molecule has 1 N–H and O–H groups in total. The van der Waals surface area contributed by atoms with Crippen LogP contribution in [0.2, 0.25) is 0 Å². The third-order valence-electron chi connectivity index (χ3n) is 6.71. The maximum Gasteiger partial charge on any atom is 0.262 e. The number of hydrogen-bond acceptors (Lipinski definition) is 4. The fourth-order valence-corrected chi connectivity index (χ4v) is 5.05. The zero-order valence-electron chi connectivity index (χ0n) is 17.1. The van der Waals surface area contributed by atoms with Gasteiger partial charge in [0.25, 0.3) is 5.56 Å². The van der Waals surface area contributed by atoms with Crippen LogP contribution in [0.5, 0.6) is 0 Å². The first-order valence-corrected chi connectivity index (χ1v) is 11.0. The summed E-state index contributed by atoms with van der Waals surface area (Å²) < 4.78 is 1.67. The normalized spacial score (nSPS) is 21.5. The van der Waals surface area contributed by atoms with Gasteiger partial charge in [-0.15, -0.1) is 0 Å². The molecule has 7 heteroatoms. The van der Waals surface area contributed by atoms with Crippen molar-refractivity contribution < 1.29 is 4.79 Å². The van der Waals surface area contributed by atoms with E-state index < -0.39 is 0 Å². The van der Waals surface area contributed by atoms with Gasteiger partial charge >= 0.3 is 0 Å². The molecule has 3 aromatic rings. The van der Waals surface area contributed by atoms with Gasteiger partial charge in [0.15, 0.2) is 5.65 Å². The molecule has 0 radical (unpaired) electrons. The van der Waals surface area contributed by atoms with Crippen molar-refractivity contribution in [3.63, 3.8) is 0 Å². The summed E-state index contributed by atoms with van der Waals surface area (Å²) in [6.45, 7) is 1.76. The quantitative estimate of drug-likeness (QED) is 0.723. The number of piperidine rings is 1. The number of nitrogens with one attached hydrogen (secondary N) is 1. The highest BCUT2D eigenvalue weighted by molar-refractivity contribution is 5.77. The SMILES string of the molecule is O=C(CCc1nc2c(cnn2-c2ccccc2)c(=O)[nH]1)N1CC[C@H]2CCCC[C@H]2C1. The van der Waals surface area contributed by atoms with Crippen LogP contribution in [0, 0.1) is 11.8 Å². The van der Waals surface area contributed by atoms with E-state index in [0.717, 1.165) is 31.1 Å². The van der Waals surface area contributed by atoms with Crippen molar-refractivity contribution in [2.24, 2.45) is 11.8 Å². The molecule has 2 aromatic heterocycles. The van der Waals surface area contributed by atoms with E-state index in [1.54, 1.807) is 4.68 Å². The zero-order chi connectivity index (χ0) is 20.5. The number of amides is 1. The third kappa shape index (κ3) is 3.64. The Kier molecular flexibility index (Phi) is 5.11. The minimum atomic E-state index is -0.215. The van der Waals surface area contributed by atoms with E-state index in [-0.39, 0.29) is 11.5 Å². The van der Waals surface area contributed by atoms with Crippen LogP contribution < -0.4 is 5.56 Å². The Morgan fingerprint density at radius 1 is 1.10 bits per heavy atom. The van der Waals surface area contributed by atoms with Gasteiger partial charge in [0.1, 0.15) is 11.2 Å². The number of carbonyl (C=O) groups excluding carboxylic acids is 1. The van der Waals surface area contributed by atoms with Crippen LogP contribution in [0.15, 0.2) is 41.3 Å². The van der Waals surface area contributed by atoms with E-state index in [0.29, 0.717) is 35.6 Å². The average Bonchev–Trinajstić information content (AvgIpc) is 3.22. The number of rotatable bonds is 4. The van der Waals surface area contributed by atoms with Gasteiger partial charge in [0.2, 0.25) is 5.91 Å². The Morgan fingerprint density at radius 2 is 1.90 bits per heavy atom. The summed E-state index contributed by atoms with van der Waals surface area (Å²) in [5, 5.41) is 4.79. The molecule has 1 saturated carbocycles. The molecule has 1 aliphatic heterocycles. The Balaban J connectivity index is 1.31. The molecule has 2 aliphatic rings. The van der Waals surface area contributed by atoms with E-state index in [1.807, 2.05) is 35.2 Å². The lowest BCUT2D eigenvalue weighted by molar-refractivity contribution is -0.134. The number of fused-ring (bicyclic) bond motifs is 2. The molecule has 1 amide bonds. The fourth-order valence-electron chi connectivity index (χ4n) is 5.05. The van der Waals surface area contributed by atoms with Crippen molar-refractivity contribution >= 4 is 16.9 Å². The molecule has 0 unspecified atom stereocenters. The smallest absolute Gasteiger partial charge is 0.262 e. The van der Waals surface area contributed by atoms with Gasteiger partial charge < -0.3 is 9.88 Å². The topological polar surface area (TPSA) is 83.9 Å². The summed E-state index contributed by atoms with van der Waals surface area (Å²) in [6.07, 6.45) is 8.68. The number of hydrogen-bond donors (Lipinski definition) is 1. The fraction of sp³-hybridized carbons (Fsp3) is 0.478. The molecule has 2 fully saturated rings. The van der Waals surface area contributed by atoms with Crippen molar-refractivity contribution in [1.82, 2.24) is 24.6 Å². The van der Waals surface area contributed by atoms with Crippen LogP contribution in [0.4, 0.5) is 0 Å². The number of nitrogens with zero attached hydrogens (tertiary/aromatic N) is 4. The number of carbonyl (C=O) groups is 1. The molecule has 30 heavy (non-hydrogen) atoms. The molecule has 2 atom stereocenters. The number of aryl methyl sites for hydroxylation is 1. The monoisotopic (exact) mass is 405 g/mol. The summed E-state index contributed by atoms with van der Waals surface area (Å²) >= 11 is 0. The van der Waals surface area contributed by atoms with Gasteiger partial charge in [-0.3, -0.25) is 9.59 Å². The van der Waals surface area contributed by atoms with E-state index in [4.69, 9.17) is 0 Å². The van der Waals surface area contributed by atoms with Crippen LogP contribution in [-0.2, 0) is 11.2 Å². The first-order chi connectivity index (χ1) is 14.7. The maximum atomic E-state index is 12.8. The van der Waals surface area contributed by atoms with E-state index in [9.17, 15) is 9.59 Å². The number of benzene rings is 1. The second-order valence-electron chi connectivity index (χ2n) is 8.57. The molecule has 3 heterocycles. The summed E-state index contributed by atoms with van der Waals surface area (Å²) in [5.41, 5.74) is 1.16. The van der Waals surface area contributed by atoms with Gasteiger partial charge in [0.05, 0.1) is 11.9 Å². The minimum Gasteiger partial charge on any atom is -0.342 e. The third-order valence-corrected chi connectivity index (χ3v) is 6.71. The summed E-state index contributed by atoms with van der Waals surface area (Å²) in [5.74, 6) is 2.18. The number of aromatic nitrogens is 4. The largest absolute Gasteiger partial charge is 0.342 e. The molecule has 1 aromatic carbocycles.